The first-order valence-electron chi connectivity index (χ1n) is 11.0. The van der Waals surface area contributed by atoms with Gasteiger partial charge in [0.15, 0.2) is 6.10 Å². The summed E-state index contributed by atoms with van der Waals surface area (Å²) in [5.74, 6) is -0.595. The van der Waals surface area contributed by atoms with Gasteiger partial charge in [0.25, 0.3) is 5.91 Å². The standard InChI is InChI=1S/C25H28N2O4/c1-17(25(30)26-22-9-4-7-19-6-2-3-8-21(19)22)31-24(29)16-18-11-13-20(14-12-18)27-15-5-10-23(27)28/h2-3,6,8,11-14,17,22H,4-5,7,9-10,15-16H2,1H3,(H,26,30). The maximum Gasteiger partial charge on any atom is 0.311 e. The number of anilines is 1. The molecule has 2 aromatic carbocycles. The van der Waals surface area contributed by atoms with Gasteiger partial charge < -0.3 is 15.0 Å². The van der Waals surface area contributed by atoms with E-state index in [0.29, 0.717) is 6.42 Å². The van der Waals surface area contributed by atoms with Crippen molar-refractivity contribution in [2.45, 2.75) is 57.6 Å². The Morgan fingerprint density at radius 2 is 1.87 bits per heavy atom. The molecule has 0 aromatic heterocycles. The molecule has 2 amide bonds. The van der Waals surface area contributed by atoms with E-state index in [1.807, 2.05) is 36.4 Å². The number of hydrogen-bond donors (Lipinski definition) is 1. The summed E-state index contributed by atoms with van der Waals surface area (Å²) in [6, 6.07) is 15.5. The summed E-state index contributed by atoms with van der Waals surface area (Å²) in [6.07, 6.45) is 3.61. The van der Waals surface area contributed by atoms with E-state index in [-0.39, 0.29) is 24.3 Å². The predicted octanol–water partition coefficient (Wildman–Crippen LogP) is 3.48. The van der Waals surface area contributed by atoms with E-state index in [4.69, 9.17) is 4.74 Å². The predicted molar refractivity (Wildman–Crippen MR) is 118 cm³/mol. The number of esters is 1. The zero-order valence-corrected chi connectivity index (χ0v) is 17.8. The zero-order valence-electron chi connectivity index (χ0n) is 17.8. The van der Waals surface area contributed by atoms with Crippen LogP contribution in [-0.4, -0.2) is 30.4 Å². The smallest absolute Gasteiger partial charge is 0.311 e. The van der Waals surface area contributed by atoms with Crippen molar-refractivity contribution < 1.29 is 19.1 Å². The molecule has 162 valence electrons. The van der Waals surface area contributed by atoms with Gasteiger partial charge in [0.1, 0.15) is 0 Å². The van der Waals surface area contributed by atoms with Gasteiger partial charge in [0.2, 0.25) is 5.91 Å². The van der Waals surface area contributed by atoms with E-state index in [0.717, 1.165) is 49.0 Å². The minimum absolute atomic E-state index is 0.0422. The normalized spacial score (nSPS) is 18.9. The quantitative estimate of drug-likeness (QED) is 0.726. The first-order valence-corrected chi connectivity index (χ1v) is 11.0. The fourth-order valence-electron chi connectivity index (χ4n) is 4.37. The van der Waals surface area contributed by atoms with E-state index < -0.39 is 12.1 Å². The van der Waals surface area contributed by atoms with Gasteiger partial charge in [0, 0.05) is 18.7 Å². The van der Waals surface area contributed by atoms with Crippen molar-refractivity contribution in [3.63, 3.8) is 0 Å². The summed E-state index contributed by atoms with van der Waals surface area (Å²) in [5.41, 5.74) is 4.05. The topological polar surface area (TPSA) is 75.7 Å². The molecule has 1 aliphatic carbocycles. The number of rotatable bonds is 6. The average molecular weight is 421 g/mol. The minimum atomic E-state index is -0.858. The van der Waals surface area contributed by atoms with Crippen molar-refractivity contribution in [2.75, 3.05) is 11.4 Å². The van der Waals surface area contributed by atoms with Crippen LogP contribution in [0.2, 0.25) is 0 Å². The van der Waals surface area contributed by atoms with Crippen LogP contribution in [0, 0.1) is 0 Å². The van der Waals surface area contributed by atoms with Gasteiger partial charge in [-0.25, -0.2) is 0 Å². The summed E-state index contributed by atoms with van der Waals surface area (Å²) < 4.78 is 5.38. The molecule has 4 rings (SSSR count). The summed E-state index contributed by atoms with van der Waals surface area (Å²) >= 11 is 0. The van der Waals surface area contributed by atoms with Crippen LogP contribution in [0.15, 0.2) is 48.5 Å². The molecule has 2 aliphatic rings. The van der Waals surface area contributed by atoms with E-state index >= 15 is 0 Å². The number of amides is 2. The van der Waals surface area contributed by atoms with Crippen LogP contribution < -0.4 is 10.2 Å². The number of benzene rings is 2. The Morgan fingerprint density at radius 1 is 1.10 bits per heavy atom. The Morgan fingerprint density at radius 3 is 2.61 bits per heavy atom. The van der Waals surface area contributed by atoms with Crippen molar-refractivity contribution in [1.82, 2.24) is 5.32 Å². The van der Waals surface area contributed by atoms with Crippen LogP contribution in [0.3, 0.4) is 0 Å². The van der Waals surface area contributed by atoms with Gasteiger partial charge in [-0.1, -0.05) is 36.4 Å². The molecule has 1 fully saturated rings. The Hall–Kier alpha value is -3.15. The Kier molecular flexibility index (Phi) is 6.35. The molecule has 0 spiro atoms. The summed E-state index contributed by atoms with van der Waals surface area (Å²) in [7, 11) is 0. The van der Waals surface area contributed by atoms with Crippen molar-refractivity contribution >= 4 is 23.5 Å². The van der Waals surface area contributed by atoms with Gasteiger partial charge in [-0.05, 0) is 61.4 Å². The highest BCUT2D eigenvalue weighted by Gasteiger charge is 2.25. The van der Waals surface area contributed by atoms with Crippen LogP contribution in [0.1, 0.15) is 55.3 Å². The number of nitrogens with zero attached hydrogens (tertiary/aromatic N) is 1. The molecular formula is C25H28N2O4. The second-order valence-corrected chi connectivity index (χ2v) is 8.28. The maximum atomic E-state index is 12.6. The molecule has 6 heteroatoms. The second-order valence-electron chi connectivity index (χ2n) is 8.28. The lowest BCUT2D eigenvalue weighted by Gasteiger charge is -2.27. The number of nitrogens with one attached hydrogen (secondary N) is 1. The second kappa shape index (κ2) is 9.33. The van der Waals surface area contributed by atoms with Crippen molar-refractivity contribution in [3.8, 4) is 0 Å². The van der Waals surface area contributed by atoms with Gasteiger partial charge >= 0.3 is 5.97 Å². The number of fused-ring (bicyclic) bond motifs is 1. The third-order valence-electron chi connectivity index (χ3n) is 6.03. The number of carbonyl (C=O) groups is 3. The Labute approximate surface area is 182 Å². The molecule has 0 bridgehead atoms. The molecule has 1 aliphatic heterocycles. The van der Waals surface area contributed by atoms with E-state index in [9.17, 15) is 14.4 Å². The zero-order chi connectivity index (χ0) is 21.8. The van der Waals surface area contributed by atoms with Crippen LogP contribution >= 0.6 is 0 Å². The highest BCUT2D eigenvalue weighted by Crippen LogP contribution is 2.29. The van der Waals surface area contributed by atoms with Crippen LogP contribution in [0.5, 0.6) is 0 Å². The minimum Gasteiger partial charge on any atom is -0.452 e. The Bertz CT molecular complexity index is 970. The van der Waals surface area contributed by atoms with Crippen LogP contribution in [-0.2, 0) is 32.0 Å². The third-order valence-corrected chi connectivity index (χ3v) is 6.03. The first-order chi connectivity index (χ1) is 15.0. The Balaban J connectivity index is 1.29. The fraction of sp³-hybridized carbons (Fsp3) is 0.400. The van der Waals surface area contributed by atoms with Crippen molar-refractivity contribution in [2.24, 2.45) is 0 Å². The lowest BCUT2D eigenvalue weighted by molar-refractivity contribution is -0.154. The summed E-state index contributed by atoms with van der Waals surface area (Å²) in [4.78, 5) is 38.6. The molecule has 31 heavy (non-hydrogen) atoms. The number of ether oxygens (including phenoxy) is 1. The maximum absolute atomic E-state index is 12.6. The van der Waals surface area contributed by atoms with Crippen molar-refractivity contribution in [1.29, 1.82) is 0 Å². The molecule has 1 N–H and O–H groups in total. The lowest BCUT2D eigenvalue weighted by atomic mass is 9.87. The largest absolute Gasteiger partial charge is 0.452 e. The third kappa shape index (κ3) is 4.95. The number of carbonyl (C=O) groups excluding carboxylic acids is 3. The first kappa shape index (κ1) is 21.1. The SMILES string of the molecule is CC(OC(=O)Cc1ccc(N2CCCC2=O)cc1)C(=O)NC1CCCc2ccccc21. The number of aryl methyl sites for hydroxylation is 1. The van der Waals surface area contributed by atoms with Crippen LogP contribution in [0.4, 0.5) is 5.69 Å². The molecule has 6 nitrogen and oxygen atoms in total. The molecule has 2 unspecified atom stereocenters. The molecule has 2 aromatic rings. The van der Waals surface area contributed by atoms with Gasteiger partial charge in [-0.15, -0.1) is 0 Å². The van der Waals surface area contributed by atoms with Gasteiger partial charge in [0.05, 0.1) is 12.5 Å². The summed E-state index contributed by atoms with van der Waals surface area (Å²) in [6.45, 7) is 2.34. The fourth-order valence-corrected chi connectivity index (χ4v) is 4.37. The lowest BCUT2D eigenvalue weighted by Crippen LogP contribution is -2.39. The number of hydrogen-bond acceptors (Lipinski definition) is 4. The highest BCUT2D eigenvalue weighted by atomic mass is 16.5. The average Bonchev–Trinajstić information content (AvgIpc) is 3.20. The van der Waals surface area contributed by atoms with Crippen molar-refractivity contribution in [3.05, 3.63) is 65.2 Å². The highest BCUT2D eigenvalue weighted by molar-refractivity contribution is 5.95. The van der Waals surface area contributed by atoms with E-state index in [1.54, 1.807) is 11.8 Å². The van der Waals surface area contributed by atoms with E-state index in [1.165, 1.54) is 5.56 Å². The molecule has 1 saturated heterocycles. The van der Waals surface area contributed by atoms with Crippen LogP contribution in [0.25, 0.3) is 0 Å². The molecule has 0 saturated carbocycles. The molecule has 2 atom stereocenters. The van der Waals surface area contributed by atoms with E-state index in [2.05, 4.69) is 17.4 Å². The molecular weight excluding hydrogens is 392 g/mol. The monoisotopic (exact) mass is 420 g/mol. The molecule has 1 heterocycles. The molecule has 0 radical (unpaired) electrons. The summed E-state index contributed by atoms with van der Waals surface area (Å²) in [5, 5.41) is 3.03. The van der Waals surface area contributed by atoms with Gasteiger partial charge in [-0.2, -0.15) is 0 Å². The van der Waals surface area contributed by atoms with Gasteiger partial charge in [-0.3, -0.25) is 14.4 Å².